The first-order valence-electron chi connectivity index (χ1n) is 6.39. The van der Waals surface area contributed by atoms with E-state index in [2.05, 4.69) is 15.5 Å². The van der Waals surface area contributed by atoms with E-state index in [4.69, 9.17) is 9.47 Å². The van der Waals surface area contributed by atoms with Gasteiger partial charge >= 0.3 is 11.9 Å². The van der Waals surface area contributed by atoms with Gasteiger partial charge in [-0.15, -0.1) is 10.2 Å². The Kier molecular flexibility index (Phi) is 3.85. The van der Waals surface area contributed by atoms with Crippen molar-refractivity contribution in [2.24, 2.45) is 0 Å². The second kappa shape index (κ2) is 5.97. The molecule has 0 saturated carbocycles. The van der Waals surface area contributed by atoms with Gasteiger partial charge in [0, 0.05) is 12.2 Å². The highest BCUT2D eigenvalue weighted by atomic mass is 32.1. The summed E-state index contributed by atoms with van der Waals surface area (Å²) in [6.45, 7) is 1.75. The number of esters is 2. The van der Waals surface area contributed by atoms with Crippen molar-refractivity contribution in [3.05, 3.63) is 40.9 Å². The predicted molar refractivity (Wildman–Crippen MR) is 79.5 cm³/mol. The highest BCUT2D eigenvalue weighted by molar-refractivity contribution is 7.15. The van der Waals surface area contributed by atoms with Crippen LogP contribution in [-0.4, -0.2) is 28.0 Å². The van der Waals surface area contributed by atoms with Crippen molar-refractivity contribution in [2.75, 3.05) is 5.32 Å². The molecule has 0 radical (unpaired) electrons. The van der Waals surface area contributed by atoms with Crippen LogP contribution in [0.2, 0.25) is 0 Å². The molecule has 1 aliphatic rings. The number of amides is 1. The summed E-state index contributed by atoms with van der Waals surface area (Å²) in [4.78, 5) is 35.5. The number of aromatic nitrogens is 2. The topological polar surface area (TPSA) is 107 Å². The van der Waals surface area contributed by atoms with Gasteiger partial charge in [-0.1, -0.05) is 17.4 Å². The Morgan fingerprint density at radius 2 is 1.87 bits per heavy atom. The Balaban J connectivity index is 1.96. The van der Waals surface area contributed by atoms with Crippen LogP contribution in [0, 0.1) is 6.92 Å². The molecule has 1 N–H and O–H groups in total. The summed E-state index contributed by atoms with van der Waals surface area (Å²) >= 11 is 1.20. The second-order valence-electron chi connectivity index (χ2n) is 4.39. The summed E-state index contributed by atoms with van der Waals surface area (Å²) in [6.07, 6.45) is 1.87. The van der Waals surface area contributed by atoms with E-state index < -0.39 is 17.8 Å². The largest absolute Gasteiger partial charge is 0.419 e. The molecule has 3 rings (SSSR count). The highest BCUT2D eigenvalue weighted by Gasteiger charge is 2.23. The van der Waals surface area contributed by atoms with Gasteiger partial charge in [0.05, 0.1) is 5.56 Å². The summed E-state index contributed by atoms with van der Waals surface area (Å²) in [5, 5.41) is 11.1. The average Bonchev–Trinajstić information content (AvgIpc) is 2.90. The van der Waals surface area contributed by atoms with Gasteiger partial charge < -0.3 is 9.47 Å². The number of aryl methyl sites for hydroxylation is 1. The van der Waals surface area contributed by atoms with Crippen LogP contribution < -0.4 is 14.8 Å². The number of hydrogen-bond acceptors (Lipinski definition) is 8. The van der Waals surface area contributed by atoms with Crippen molar-refractivity contribution in [2.45, 2.75) is 6.92 Å². The smallest absolute Gasteiger partial charge is 0.336 e. The zero-order chi connectivity index (χ0) is 16.4. The number of para-hydroxylation sites is 1. The molecule has 0 atom stereocenters. The van der Waals surface area contributed by atoms with Gasteiger partial charge in [-0.25, -0.2) is 9.59 Å². The normalized spacial score (nSPS) is 14.8. The maximum atomic E-state index is 12.4. The molecular formula is C14H9N3O5S. The lowest BCUT2D eigenvalue weighted by Crippen LogP contribution is -2.18. The molecule has 23 heavy (non-hydrogen) atoms. The second-order valence-corrected chi connectivity index (χ2v) is 5.57. The Bertz CT molecular complexity index is 843. The number of carbonyl (C=O) groups is 3. The van der Waals surface area contributed by atoms with E-state index in [1.165, 1.54) is 29.5 Å². The number of rotatable bonds is 2. The van der Waals surface area contributed by atoms with Crippen molar-refractivity contribution in [3.8, 4) is 11.5 Å². The summed E-state index contributed by atoms with van der Waals surface area (Å²) < 4.78 is 10.1. The van der Waals surface area contributed by atoms with E-state index in [9.17, 15) is 14.4 Å². The van der Waals surface area contributed by atoms with Gasteiger partial charge in [0.1, 0.15) is 5.01 Å². The van der Waals surface area contributed by atoms with Crippen LogP contribution in [0.5, 0.6) is 11.5 Å². The monoisotopic (exact) mass is 331 g/mol. The van der Waals surface area contributed by atoms with Gasteiger partial charge in [-0.05, 0) is 19.1 Å². The van der Waals surface area contributed by atoms with Crippen molar-refractivity contribution < 1.29 is 23.9 Å². The minimum absolute atomic E-state index is 0.0196. The molecule has 2 aromatic rings. The number of anilines is 1. The number of fused-ring (bicyclic) bond motifs is 1. The zero-order valence-corrected chi connectivity index (χ0v) is 12.5. The van der Waals surface area contributed by atoms with Gasteiger partial charge in [0.2, 0.25) is 5.13 Å². The maximum absolute atomic E-state index is 12.4. The molecule has 1 aromatic carbocycles. The first-order valence-corrected chi connectivity index (χ1v) is 7.21. The van der Waals surface area contributed by atoms with Crippen molar-refractivity contribution in [1.29, 1.82) is 0 Å². The van der Waals surface area contributed by atoms with Crippen LogP contribution in [0.1, 0.15) is 15.4 Å². The number of hydrogen-bond donors (Lipinski definition) is 1. The summed E-state index contributed by atoms with van der Waals surface area (Å²) in [5.74, 6) is -2.23. The van der Waals surface area contributed by atoms with E-state index >= 15 is 0 Å². The number of carbonyl (C=O) groups excluding carboxylic acids is 3. The average molecular weight is 331 g/mol. The minimum Gasteiger partial charge on any atom is -0.419 e. The molecule has 0 unspecified atom stereocenters. The molecule has 1 amide bonds. The van der Waals surface area contributed by atoms with Crippen molar-refractivity contribution in [1.82, 2.24) is 10.2 Å². The van der Waals surface area contributed by atoms with Crippen molar-refractivity contribution >= 4 is 34.3 Å². The van der Waals surface area contributed by atoms with Crippen LogP contribution in [0.25, 0.3) is 0 Å². The summed E-state index contributed by atoms with van der Waals surface area (Å²) in [7, 11) is 0. The third-order valence-corrected chi connectivity index (χ3v) is 3.49. The lowest BCUT2D eigenvalue weighted by Gasteiger charge is -2.14. The Morgan fingerprint density at radius 3 is 2.57 bits per heavy atom. The molecule has 116 valence electrons. The van der Waals surface area contributed by atoms with Crippen LogP contribution in [0.15, 0.2) is 30.4 Å². The van der Waals surface area contributed by atoms with E-state index in [0.29, 0.717) is 10.1 Å². The van der Waals surface area contributed by atoms with E-state index in [1.807, 2.05) is 0 Å². The Labute approximate surface area is 133 Å². The molecule has 0 aliphatic carbocycles. The lowest BCUT2D eigenvalue weighted by atomic mass is 10.1. The van der Waals surface area contributed by atoms with E-state index in [-0.39, 0.29) is 17.1 Å². The number of ether oxygens (including phenoxy) is 2. The van der Waals surface area contributed by atoms with Crippen LogP contribution in [-0.2, 0) is 9.59 Å². The molecule has 8 nitrogen and oxygen atoms in total. The molecule has 0 bridgehead atoms. The molecular weight excluding hydrogens is 322 g/mol. The third kappa shape index (κ3) is 3.24. The molecule has 0 saturated heterocycles. The molecule has 1 aliphatic heterocycles. The predicted octanol–water partition coefficient (Wildman–Crippen LogP) is 1.48. The van der Waals surface area contributed by atoms with E-state index in [1.54, 1.807) is 6.92 Å². The van der Waals surface area contributed by atoms with Gasteiger partial charge in [0.15, 0.2) is 11.5 Å². The fraction of sp³-hybridized carbons (Fsp3) is 0.0714. The van der Waals surface area contributed by atoms with Gasteiger partial charge in [-0.3, -0.25) is 10.1 Å². The SMILES string of the molecule is Cc1nnc(NC(=O)c2cccc3c2OC(=O)/C=C/C(=O)O3)s1. The van der Waals surface area contributed by atoms with Crippen LogP contribution in [0.4, 0.5) is 5.13 Å². The molecule has 1 aromatic heterocycles. The van der Waals surface area contributed by atoms with Crippen molar-refractivity contribution in [3.63, 3.8) is 0 Å². The number of nitrogens with one attached hydrogen (secondary N) is 1. The first kappa shape index (κ1) is 14.9. The third-order valence-electron chi connectivity index (χ3n) is 2.74. The van der Waals surface area contributed by atoms with Crippen LogP contribution >= 0.6 is 11.3 Å². The number of nitrogens with zero attached hydrogens (tertiary/aromatic N) is 2. The summed E-state index contributed by atoms with van der Waals surface area (Å²) in [6, 6.07) is 4.37. The first-order chi connectivity index (χ1) is 11.0. The van der Waals surface area contributed by atoms with E-state index in [0.717, 1.165) is 12.2 Å². The Morgan fingerprint density at radius 1 is 1.13 bits per heavy atom. The zero-order valence-electron chi connectivity index (χ0n) is 11.7. The number of benzene rings is 1. The molecule has 2 heterocycles. The quantitative estimate of drug-likeness (QED) is 0.656. The fourth-order valence-corrected chi connectivity index (χ4v) is 2.39. The highest BCUT2D eigenvalue weighted by Crippen LogP contribution is 2.33. The fourth-order valence-electron chi connectivity index (χ4n) is 1.80. The lowest BCUT2D eigenvalue weighted by molar-refractivity contribution is -0.133. The molecule has 0 fully saturated rings. The minimum atomic E-state index is -0.782. The molecule has 0 spiro atoms. The standard InChI is InChI=1S/C14H9N3O5S/c1-7-16-17-14(23-7)15-13(20)8-3-2-4-9-12(8)22-11(19)6-5-10(18)21-9/h2-6H,1H3,(H,15,17,20)/b6-5+. The molecule has 9 heteroatoms. The van der Waals surface area contributed by atoms with Gasteiger partial charge in [-0.2, -0.15) is 0 Å². The van der Waals surface area contributed by atoms with Crippen LogP contribution in [0.3, 0.4) is 0 Å². The van der Waals surface area contributed by atoms with Gasteiger partial charge in [0.25, 0.3) is 5.91 Å². The Hall–Kier alpha value is -3.07. The summed E-state index contributed by atoms with van der Waals surface area (Å²) in [5.41, 5.74) is 0.0341. The maximum Gasteiger partial charge on any atom is 0.336 e.